The van der Waals surface area contributed by atoms with Gasteiger partial charge in [0, 0.05) is 13.1 Å². The van der Waals surface area contributed by atoms with E-state index in [4.69, 9.17) is 5.11 Å². The zero-order valence-electron chi connectivity index (χ0n) is 11.6. The molecule has 0 radical (unpaired) electrons. The fourth-order valence-electron chi connectivity index (χ4n) is 1.40. The van der Waals surface area contributed by atoms with Crippen LogP contribution in [0, 0.1) is 0 Å². The molecule has 0 aromatic heterocycles. The highest BCUT2D eigenvalue weighted by atomic mass is 32.2. The van der Waals surface area contributed by atoms with Crippen molar-refractivity contribution < 1.29 is 31.8 Å². The average molecular weight is 323 g/mol. The Morgan fingerprint density at radius 1 is 1.38 bits per heavy atom. The Labute approximate surface area is 121 Å². The van der Waals surface area contributed by atoms with Crippen molar-refractivity contribution in [3.63, 3.8) is 0 Å². The molecule has 1 aromatic rings. The Morgan fingerprint density at radius 2 is 1.95 bits per heavy atom. The molecule has 0 aliphatic rings. The van der Waals surface area contributed by atoms with Gasteiger partial charge in [0.05, 0.1) is 4.90 Å². The molecule has 6 nitrogen and oxygen atoms in total. The number of alkyl halides is 2. The number of likely N-dealkylation sites (N-methyl/N-ethyl adjacent to an activating group) is 1. The van der Waals surface area contributed by atoms with Crippen molar-refractivity contribution in [2.24, 2.45) is 0 Å². The Balaban J connectivity index is 3.22. The minimum atomic E-state index is -4.17. The van der Waals surface area contributed by atoms with E-state index in [2.05, 4.69) is 4.74 Å². The standard InChI is InChI=1S/C12H15F2NO5S/c1-12(2,10(16)17)15(3)21(18,19)9-6-4-5-8(7-9)20-11(13)14/h4-7,11H,1-3H3,(H,16,17). The molecule has 0 unspecified atom stereocenters. The lowest BCUT2D eigenvalue weighted by Crippen LogP contribution is -2.50. The number of ether oxygens (including phenoxy) is 1. The van der Waals surface area contributed by atoms with Crippen molar-refractivity contribution in [3.8, 4) is 5.75 Å². The number of halogens is 2. The molecule has 1 N–H and O–H groups in total. The third-order valence-electron chi connectivity index (χ3n) is 3.00. The average Bonchev–Trinajstić information content (AvgIpc) is 2.37. The maximum Gasteiger partial charge on any atom is 0.387 e. The van der Waals surface area contributed by atoms with Crippen molar-refractivity contribution in [1.29, 1.82) is 0 Å². The Kier molecular flexibility index (Phi) is 4.90. The molecular weight excluding hydrogens is 308 g/mol. The number of sulfonamides is 1. The largest absolute Gasteiger partial charge is 0.480 e. The maximum absolute atomic E-state index is 12.3. The van der Waals surface area contributed by atoms with Gasteiger partial charge in [0.2, 0.25) is 10.0 Å². The van der Waals surface area contributed by atoms with Gasteiger partial charge in [-0.05, 0) is 26.0 Å². The third-order valence-corrected chi connectivity index (χ3v) is 5.03. The van der Waals surface area contributed by atoms with Gasteiger partial charge in [-0.2, -0.15) is 13.1 Å². The van der Waals surface area contributed by atoms with Crippen LogP contribution in [-0.2, 0) is 14.8 Å². The van der Waals surface area contributed by atoms with Crippen molar-refractivity contribution in [3.05, 3.63) is 24.3 Å². The van der Waals surface area contributed by atoms with Gasteiger partial charge in [0.1, 0.15) is 11.3 Å². The summed E-state index contributed by atoms with van der Waals surface area (Å²) in [4.78, 5) is 10.8. The molecule has 0 saturated heterocycles. The fourth-order valence-corrected chi connectivity index (χ4v) is 2.91. The van der Waals surface area contributed by atoms with Crippen LogP contribution < -0.4 is 4.74 Å². The highest BCUT2D eigenvalue weighted by Gasteiger charge is 2.40. The molecule has 0 aliphatic heterocycles. The number of carboxylic acids is 1. The molecule has 0 aliphatic carbocycles. The van der Waals surface area contributed by atoms with Crippen LogP contribution in [-0.4, -0.2) is 43.0 Å². The molecule has 1 aromatic carbocycles. The first-order valence-corrected chi connectivity index (χ1v) is 7.21. The van der Waals surface area contributed by atoms with Crippen LogP contribution in [0.4, 0.5) is 8.78 Å². The van der Waals surface area contributed by atoms with Gasteiger partial charge in [-0.25, -0.2) is 8.42 Å². The Morgan fingerprint density at radius 3 is 2.43 bits per heavy atom. The predicted octanol–water partition coefficient (Wildman–Crippen LogP) is 1.77. The Hall–Kier alpha value is -1.74. The van der Waals surface area contributed by atoms with Crippen molar-refractivity contribution >= 4 is 16.0 Å². The van der Waals surface area contributed by atoms with Gasteiger partial charge in [-0.1, -0.05) is 6.07 Å². The van der Waals surface area contributed by atoms with Gasteiger partial charge in [0.25, 0.3) is 0 Å². The fraction of sp³-hybridized carbons (Fsp3) is 0.417. The van der Waals surface area contributed by atoms with E-state index in [1.807, 2.05) is 0 Å². The zero-order valence-corrected chi connectivity index (χ0v) is 12.4. The van der Waals surface area contributed by atoms with Crippen LogP contribution in [0.3, 0.4) is 0 Å². The van der Waals surface area contributed by atoms with E-state index in [0.29, 0.717) is 4.31 Å². The van der Waals surface area contributed by atoms with E-state index in [-0.39, 0.29) is 10.6 Å². The summed E-state index contributed by atoms with van der Waals surface area (Å²) in [5.74, 6) is -1.67. The predicted molar refractivity (Wildman–Crippen MR) is 69.7 cm³/mol. The van der Waals surface area contributed by atoms with Gasteiger partial charge in [-0.15, -0.1) is 0 Å². The van der Waals surface area contributed by atoms with Crippen LogP contribution in [0.5, 0.6) is 5.75 Å². The second kappa shape index (κ2) is 5.94. The molecule has 9 heteroatoms. The summed E-state index contributed by atoms with van der Waals surface area (Å²) in [6.07, 6.45) is 0. The molecule has 0 spiro atoms. The van der Waals surface area contributed by atoms with E-state index in [1.165, 1.54) is 32.0 Å². The number of nitrogens with zero attached hydrogens (tertiary/aromatic N) is 1. The quantitative estimate of drug-likeness (QED) is 0.862. The molecule has 0 saturated carbocycles. The monoisotopic (exact) mass is 323 g/mol. The summed E-state index contributed by atoms with van der Waals surface area (Å²) in [6.45, 7) is -0.658. The molecule has 118 valence electrons. The van der Waals surface area contributed by atoms with Gasteiger partial charge in [0.15, 0.2) is 0 Å². The lowest BCUT2D eigenvalue weighted by atomic mass is 10.1. The second-order valence-corrected chi connectivity index (χ2v) is 6.66. The topological polar surface area (TPSA) is 83.9 Å². The minimum Gasteiger partial charge on any atom is -0.480 e. The van der Waals surface area contributed by atoms with Crippen LogP contribution in [0.25, 0.3) is 0 Å². The zero-order chi connectivity index (χ0) is 16.4. The summed E-state index contributed by atoms with van der Waals surface area (Å²) < 4.78 is 53.8. The summed E-state index contributed by atoms with van der Waals surface area (Å²) in [5.41, 5.74) is -1.70. The summed E-state index contributed by atoms with van der Waals surface area (Å²) in [6, 6.07) is 4.48. The lowest BCUT2D eigenvalue weighted by molar-refractivity contribution is -0.145. The minimum absolute atomic E-state index is 0.326. The van der Waals surface area contributed by atoms with E-state index in [1.54, 1.807) is 0 Å². The van der Waals surface area contributed by atoms with Crippen LogP contribution in [0.15, 0.2) is 29.2 Å². The summed E-state index contributed by atoms with van der Waals surface area (Å²) >= 11 is 0. The van der Waals surface area contributed by atoms with Crippen molar-refractivity contribution in [1.82, 2.24) is 4.31 Å². The number of hydrogen-bond acceptors (Lipinski definition) is 4. The summed E-state index contributed by atoms with van der Waals surface area (Å²) in [7, 11) is -3.07. The first kappa shape index (κ1) is 17.3. The second-order valence-electron chi connectivity index (χ2n) is 4.69. The smallest absolute Gasteiger partial charge is 0.387 e. The third kappa shape index (κ3) is 3.67. The molecule has 0 fully saturated rings. The molecule has 0 heterocycles. The van der Waals surface area contributed by atoms with Crippen molar-refractivity contribution in [2.45, 2.75) is 30.9 Å². The van der Waals surface area contributed by atoms with Gasteiger partial charge < -0.3 is 9.84 Å². The number of benzene rings is 1. The lowest BCUT2D eigenvalue weighted by Gasteiger charge is -2.30. The van der Waals surface area contributed by atoms with Gasteiger partial charge in [-0.3, -0.25) is 4.79 Å². The number of rotatable bonds is 6. The highest BCUT2D eigenvalue weighted by molar-refractivity contribution is 7.89. The first-order chi connectivity index (χ1) is 9.49. The molecule has 0 amide bonds. The van der Waals surface area contributed by atoms with Crippen LogP contribution in [0.1, 0.15) is 13.8 Å². The van der Waals surface area contributed by atoms with E-state index < -0.39 is 28.1 Å². The normalized spacial score (nSPS) is 12.7. The van der Waals surface area contributed by atoms with Gasteiger partial charge >= 0.3 is 12.6 Å². The highest BCUT2D eigenvalue weighted by Crippen LogP contribution is 2.26. The summed E-state index contributed by atoms with van der Waals surface area (Å²) in [5, 5.41) is 9.07. The first-order valence-electron chi connectivity index (χ1n) is 5.77. The van der Waals surface area contributed by atoms with Crippen LogP contribution >= 0.6 is 0 Å². The van der Waals surface area contributed by atoms with E-state index in [0.717, 1.165) is 13.1 Å². The number of aliphatic carboxylic acids is 1. The molecular formula is C12H15F2NO5S. The van der Waals surface area contributed by atoms with Crippen molar-refractivity contribution in [2.75, 3.05) is 7.05 Å². The van der Waals surface area contributed by atoms with E-state index >= 15 is 0 Å². The molecule has 1 rings (SSSR count). The number of carboxylic acid groups (broad SMARTS) is 1. The number of hydrogen-bond donors (Lipinski definition) is 1. The Bertz CT molecular complexity index is 630. The van der Waals surface area contributed by atoms with Crippen LogP contribution in [0.2, 0.25) is 0 Å². The maximum atomic E-state index is 12.3. The molecule has 21 heavy (non-hydrogen) atoms. The SMILES string of the molecule is CN(C(C)(C)C(=O)O)S(=O)(=O)c1cccc(OC(F)F)c1. The molecule has 0 atom stereocenters. The number of carbonyl (C=O) groups is 1. The molecule has 0 bridgehead atoms. The van der Waals surface area contributed by atoms with E-state index in [9.17, 15) is 22.0 Å².